The number of rotatable bonds is 4. The van der Waals surface area contributed by atoms with Crippen LogP contribution in [0.4, 0.5) is 0 Å². The maximum atomic E-state index is 12.6. The molecule has 0 aromatic rings. The van der Waals surface area contributed by atoms with Gasteiger partial charge in [-0.2, -0.15) is 0 Å². The van der Waals surface area contributed by atoms with E-state index in [9.17, 15) is 9.59 Å². The molecule has 0 unspecified atom stereocenters. The van der Waals surface area contributed by atoms with Crippen LogP contribution in [0.2, 0.25) is 0 Å². The third-order valence-corrected chi connectivity index (χ3v) is 4.80. The Balaban J connectivity index is 1.90. The van der Waals surface area contributed by atoms with Crippen LogP contribution in [0.1, 0.15) is 44.9 Å². The zero-order chi connectivity index (χ0) is 13.9. The molecule has 1 saturated heterocycles. The quantitative estimate of drug-likeness (QED) is 0.782. The van der Waals surface area contributed by atoms with Crippen LogP contribution in [0.3, 0.4) is 0 Å². The lowest BCUT2D eigenvalue weighted by atomic mass is 9.83. The largest absolute Gasteiger partial charge is 0.370 e. The van der Waals surface area contributed by atoms with Crippen molar-refractivity contribution in [2.24, 2.45) is 22.8 Å². The van der Waals surface area contributed by atoms with Gasteiger partial charge in [-0.3, -0.25) is 9.59 Å². The van der Waals surface area contributed by atoms with Gasteiger partial charge >= 0.3 is 0 Å². The van der Waals surface area contributed by atoms with Gasteiger partial charge in [0.15, 0.2) is 0 Å². The maximum absolute atomic E-state index is 12.6. The second-order valence-electron chi connectivity index (χ2n) is 6.10. The minimum atomic E-state index is -0.295. The molecule has 2 fully saturated rings. The average Bonchev–Trinajstić information content (AvgIpc) is 2.88. The second kappa shape index (κ2) is 5.90. The minimum Gasteiger partial charge on any atom is -0.370 e. The minimum absolute atomic E-state index is 0.237. The van der Waals surface area contributed by atoms with Crippen LogP contribution in [-0.2, 0) is 9.59 Å². The van der Waals surface area contributed by atoms with Crippen molar-refractivity contribution in [1.82, 2.24) is 4.90 Å². The van der Waals surface area contributed by atoms with Crippen molar-refractivity contribution in [1.29, 1.82) is 0 Å². The van der Waals surface area contributed by atoms with E-state index in [-0.39, 0.29) is 17.2 Å². The van der Waals surface area contributed by atoms with Crippen LogP contribution in [0.15, 0.2) is 0 Å². The Hall–Kier alpha value is -1.10. The zero-order valence-corrected chi connectivity index (χ0v) is 11.6. The molecule has 2 rings (SSSR count). The summed E-state index contributed by atoms with van der Waals surface area (Å²) in [6.45, 7) is 1.96. The molecule has 108 valence electrons. The van der Waals surface area contributed by atoms with E-state index >= 15 is 0 Å². The zero-order valence-electron chi connectivity index (χ0n) is 11.6. The van der Waals surface area contributed by atoms with Crippen molar-refractivity contribution < 1.29 is 9.59 Å². The third-order valence-electron chi connectivity index (χ3n) is 4.80. The van der Waals surface area contributed by atoms with Gasteiger partial charge in [-0.25, -0.2) is 0 Å². The lowest BCUT2D eigenvalue weighted by Gasteiger charge is -2.37. The summed E-state index contributed by atoms with van der Waals surface area (Å²) in [4.78, 5) is 25.5. The Labute approximate surface area is 114 Å². The van der Waals surface area contributed by atoms with Crippen LogP contribution in [0.5, 0.6) is 0 Å². The molecule has 0 aromatic heterocycles. The van der Waals surface area contributed by atoms with E-state index < -0.39 is 0 Å². The SMILES string of the molecule is NCC1(C(=O)N2CCC(CC(N)=O)CC2)CCCC1. The summed E-state index contributed by atoms with van der Waals surface area (Å²) in [5.41, 5.74) is 10.8. The summed E-state index contributed by atoms with van der Waals surface area (Å²) in [7, 11) is 0. The molecule has 0 bridgehead atoms. The van der Waals surface area contributed by atoms with Gasteiger partial charge in [0.05, 0.1) is 5.41 Å². The summed E-state index contributed by atoms with van der Waals surface area (Å²) in [5.74, 6) is 0.350. The summed E-state index contributed by atoms with van der Waals surface area (Å²) in [5, 5.41) is 0. The molecule has 0 spiro atoms. The number of likely N-dealkylation sites (tertiary alicyclic amines) is 1. The van der Waals surface area contributed by atoms with Crippen molar-refractivity contribution in [3.63, 3.8) is 0 Å². The molecule has 4 N–H and O–H groups in total. The van der Waals surface area contributed by atoms with E-state index in [1.54, 1.807) is 0 Å². The maximum Gasteiger partial charge on any atom is 0.230 e. The van der Waals surface area contributed by atoms with Crippen molar-refractivity contribution in [2.75, 3.05) is 19.6 Å². The summed E-state index contributed by atoms with van der Waals surface area (Å²) < 4.78 is 0. The Morgan fingerprint density at radius 3 is 2.21 bits per heavy atom. The van der Waals surface area contributed by atoms with E-state index in [0.717, 1.165) is 51.6 Å². The Bertz CT molecular complexity index is 343. The van der Waals surface area contributed by atoms with Gasteiger partial charge in [-0.15, -0.1) is 0 Å². The first-order valence-electron chi connectivity index (χ1n) is 7.35. The van der Waals surface area contributed by atoms with E-state index in [4.69, 9.17) is 11.5 Å². The van der Waals surface area contributed by atoms with Gasteiger partial charge < -0.3 is 16.4 Å². The van der Waals surface area contributed by atoms with Crippen molar-refractivity contribution >= 4 is 11.8 Å². The van der Waals surface area contributed by atoms with Crippen LogP contribution in [0, 0.1) is 11.3 Å². The number of primary amides is 1. The van der Waals surface area contributed by atoms with Crippen LogP contribution < -0.4 is 11.5 Å². The van der Waals surface area contributed by atoms with Crippen molar-refractivity contribution in [3.05, 3.63) is 0 Å². The first kappa shape index (κ1) is 14.3. The number of carbonyl (C=O) groups excluding carboxylic acids is 2. The fourth-order valence-electron chi connectivity index (χ4n) is 3.52. The molecule has 2 aliphatic rings. The number of nitrogens with two attached hydrogens (primary N) is 2. The Morgan fingerprint density at radius 2 is 1.74 bits per heavy atom. The third kappa shape index (κ3) is 3.08. The monoisotopic (exact) mass is 267 g/mol. The van der Waals surface area contributed by atoms with Gasteiger partial charge in [0, 0.05) is 26.1 Å². The molecule has 1 aliphatic heterocycles. The Morgan fingerprint density at radius 1 is 1.16 bits per heavy atom. The molecule has 0 radical (unpaired) electrons. The van der Waals surface area contributed by atoms with Crippen LogP contribution in [-0.4, -0.2) is 36.3 Å². The lowest BCUT2D eigenvalue weighted by Crippen LogP contribution is -2.49. The van der Waals surface area contributed by atoms with Gasteiger partial charge in [0.25, 0.3) is 0 Å². The summed E-state index contributed by atoms with van der Waals surface area (Å²) >= 11 is 0. The standard InChI is InChI=1S/C14H25N3O2/c15-10-14(5-1-2-6-14)13(19)17-7-3-11(4-8-17)9-12(16)18/h11H,1-10,15H2,(H2,16,18). The highest BCUT2D eigenvalue weighted by molar-refractivity contribution is 5.83. The first-order chi connectivity index (χ1) is 9.07. The number of hydrogen-bond acceptors (Lipinski definition) is 3. The molecule has 0 aromatic carbocycles. The van der Waals surface area contributed by atoms with Crippen LogP contribution >= 0.6 is 0 Å². The summed E-state index contributed by atoms with van der Waals surface area (Å²) in [6.07, 6.45) is 6.31. The highest BCUT2D eigenvalue weighted by Gasteiger charge is 2.42. The molecule has 5 heteroatoms. The van der Waals surface area contributed by atoms with Gasteiger partial charge in [0.2, 0.25) is 11.8 Å². The van der Waals surface area contributed by atoms with Gasteiger partial charge in [-0.05, 0) is 31.6 Å². The molecule has 0 atom stereocenters. The summed E-state index contributed by atoms with van der Waals surface area (Å²) in [6, 6.07) is 0. The fraction of sp³-hybridized carbons (Fsp3) is 0.857. The first-order valence-corrected chi connectivity index (χ1v) is 7.35. The molecule has 1 aliphatic carbocycles. The molecule has 1 heterocycles. The highest BCUT2D eigenvalue weighted by atomic mass is 16.2. The highest BCUT2D eigenvalue weighted by Crippen LogP contribution is 2.39. The van der Waals surface area contributed by atoms with E-state index in [2.05, 4.69) is 0 Å². The fourth-order valence-corrected chi connectivity index (χ4v) is 3.52. The molecule has 5 nitrogen and oxygen atoms in total. The van der Waals surface area contributed by atoms with Crippen molar-refractivity contribution in [3.8, 4) is 0 Å². The smallest absolute Gasteiger partial charge is 0.230 e. The number of amides is 2. The van der Waals surface area contributed by atoms with E-state index in [1.807, 2.05) is 4.90 Å². The predicted molar refractivity (Wildman–Crippen MR) is 73.1 cm³/mol. The molecular formula is C14H25N3O2. The van der Waals surface area contributed by atoms with Gasteiger partial charge in [-0.1, -0.05) is 12.8 Å². The van der Waals surface area contributed by atoms with E-state index in [0.29, 0.717) is 18.9 Å². The predicted octanol–water partition coefficient (Wildman–Crippen LogP) is 0.619. The Kier molecular flexibility index (Phi) is 4.45. The van der Waals surface area contributed by atoms with E-state index in [1.165, 1.54) is 0 Å². The number of piperidine rings is 1. The number of hydrogen-bond donors (Lipinski definition) is 2. The molecular weight excluding hydrogens is 242 g/mol. The topological polar surface area (TPSA) is 89.4 Å². The molecule has 19 heavy (non-hydrogen) atoms. The van der Waals surface area contributed by atoms with Gasteiger partial charge in [0.1, 0.15) is 0 Å². The number of carbonyl (C=O) groups is 2. The second-order valence-corrected chi connectivity index (χ2v) is 6.10. The molecule has 1 saturated carbocycles. The lowest BCUT2D eigenvalue weighted by molar-refractivity contribution is -0.143. The number of nitrogens with zero attached hydrogens (tertiary/aromatic N) is 1. The molecule has 2 amide bonds. The average molecular weight is 267 g/mol. The van der Waals surface area contributed by atoms with Crippen LogP contribution in [0.25, 0.3) is 0 Å². The normalized spacial score (nSPS) is 23.5. The van der Waals surface area contributed by atoms with Crippen molar-refractivity contribution in [2.45, 2.75) is 44.9 Å².